The predicted octanol–water partition coefficient (Wildman–Crippen LogP) is 2.55. The first-order valence-electron chi connectivity index (χ1n) is 5.69. The van der Waals surface area contributed by atoms with E-state index < -0.39 is 5.97 Å². The molecular formula is C14H14N2O3. The number of rotatable bonds is 3. The molecule has 0 spiro atoms. The van der Waals surface area contributed by atoms with Crippen LogP contribution in [-0.4, -0.2) is 18.1 Å². The molecule has 0 saturated heterocycles. The molecule has 2 aromatic rings. The van der Waals surface area contributed by atoms with Crippen LogP contribution in [0.5, 0.6) is 11.6 Å². The summed E-state index contributed by atoms with van der Waals surface area (Å²) in [6, 6.07) is 8.65. The van der Waals surface area contributed by atoms with E-state index >= 15 is 0 Å². The molecule has 0 radical (unpaired) electrons. The van der Waals surface area contributed by atoms with Crippen LogP contribution < -0.4 is 10.5 Å². The number of pyridine rings is 1. The molecule has 1 heterocycles. The number of esters is 1. The lowest BCUT2D eigenvalue weighted by atomic mass is 10.2. The first-order chi connectivity index (χ1) is 9.13. The maximum Gasteiger partial charge on any atom is 0.343 e. The lowest BCUT2D eigenvalue weighted by Crippen LogP contribution is -2.05. The van der Waals surface area contributed by atoms with Gasteiger partial charge in [0.15, 0.2) is 5.75 Å². The fourth-order valence-electron chi connectivity index (χ4n) is 1.65. The fraction of sp³-hybridized carbons (Fsp3) is 0.143. The largest absolute Gasteiger partial charge is 0.465 e. The van der Waals surface area contributed by atoms with Crippen LogP contribution in [0.25, 0.3) is 0 Å². The van der Waals surface area contributed by atoms with Crippen molar-refractivity contribution in [2.24, 2.45) is 0 Å². The van der Waals surface area contributed by atoms with Gasteiger partial charge in [-0.1, -0.05) is 12.1 Å². The van der Waals surface area contributed by atoms with Gasteiger partial charge in [0, 0.05) is 6.20 Å². The molecule has 1 aromatic carbocycles. The van der Waals surface area contributed by atoms with Crippen molar-refractivity contribution in [1.29, 1.82) is 0 Å². The number of para-hydroxylation sites is 1. The van der Waals surface area contributed by atoms with Crippen molar-refractivity contribution in [2.45, 2.75) is 6.92 Å². The number of carbonyl (C=O) groups excluding carboxylic acids is 1. The summed E-state index contributed by atoms with van der Waals surface area (Å²) in [6.45, 7) is 1.87. The number of carbonyl (C=O) groups is 1. The lowest BCUT2D eigenvalue weighted by molar-refractivity contribution is 0.0597. The zero-order valence-corrected chi connectivity index (χ0v) is 10.7. The monoisotopic (exact) mass is 258 g/mol. The van der Waals surface area contributed by atoms with Gasteiger partial charge in [0.1, 0.15) is 5.56 Å². The SMILES string of the molecule is COC(=O)c1cccnc1Oc1c(C)cccc1N. The van der Waals surface area contributed by atoms with Gasteiger partial charge >= 0.3 is 5.97 Å². The number of aryl methyl sites for hydroxylation is 1. The topological polar surface area (TPSA) is 74.4 Å². The Morgan fingerprint density at radius 2 is 2.05 bits per heavy atom. The Labute approximate surface area is 111 Å². The number of aromatic nitrogens is 1. The van der Waals surface area contributed by atoms with E-state index in [4.69, 9.17) is 10.5 Å². The molecule has 5 nitrogen and oxygen atoms in total. The minimum atomic E-state index is -0.504. The first-order valence-corrected chi connectivity index (χ1v) is 5.69. The van der Waals surface area contributed by atoms with E-state index in [0.717, 1.165) is 5.56 Å². The number of nitrogens with two attached hydrogens (primary N) is 1. The Morgan fingerprint density at radius 3 is 2.74 bits per heavy atom. The van der Waals surface area contributed by atoms with E-state index in [9.17, 15) is 4.79 Å². The highest BCUT2D eigenvalue weighted by Crippen LogP contribution is 2.31. The average Bonchev–Trinajstić information content (AvgIpc) is 2.42. The first kappa shape index (κ1) is 12.9. The summed E-state index contributed by atoms with van der Waals surface area (Å²) in [6.07, 6.45) is 1.54. The molecule has 0 fully saturated rings. The molecule has 98 valence electrons. The van der Waals surface area contributed by atoms with Crippen LogP contribution in [0, 0.1) is 6.92 Å². The molecule has 0 aliphatic carbocycles. The maximum atomic E-state index is 11.6. The summed E-state index contributed by atoms with van der Waals surface area (Å²) < 4.78 is 10.3. The molecule has 0 bridgehead atoms. The fourth-order valence-corrected chi connectivity index (χ4v) is 1.65. The Kier molecular flexibility index (Phi) is 3.66. The summed E-state index contributed by atoms with van der Waals surface area (Å²) in [5.41, 5.74) is 7.47. The number of ether oxygens (including phenoxy) is 2. The Morgan fingerprint density at radius 1 is 1.26 bits per heavy atom. The van der Waals surface area contributed by atoms with Gasteiger partial charge < -0.3 is 15.2 Å². The molecule has 0 aliphatic rings. The zero-order chi connectivity index (χ0) is 13.8. The van der Waals surface area contributed by atoms with E-state index in [1.165, 1.54) is 13.3 Å². The molecule has 19 heavy (non-hydrogen) atoms. The van der Waals surface area contributed by atoms with Gasteiger partial charge in [0.25, 0.3) is 0 Å². The van der Waals surface area contributed by atoms with Crippen molar-refractivity contribution < 1.29 is 14.3 Å². The highest BCUT2D eigenvalue weighted by atomic mass is 16.5. The van der Waals surface area contributed by atoms with E-state index in [1.54, 1.807) is 18.2 Å². The smallest absolute Gasteiger partial charge is 0.343 e. The third kappa shape index (κ3) is 2.65. The van der Waals surface area contributed by atoms with Crippen molar-refractivity contribution in [3.05, 3.63) is 47.7 Å². The molecule has 5 heteroatoms. The molecule has 0 atom stereocenters. The van der Waals surface area contributed by atoms with Gasteiger partial charge in [-0.2, -0.15) is 0 Å². The van der Waals surface area contributed by atoms with E-state index in [0.29, 0.717) is 11.4 Å². The minimum absolute atomic E-state index is 0.176. The Bertz CT molecular complexity index is 591. The number of hydrogen-bond donors (Lipinski definition) is 1. The van der Waals surface area contributed by atoms with Crippen molar-refractivity contribution in [2.75, 3.05) is 12.8 Å². The molecule has 0 saturated carbocycles. The van der Waals surface area contributed by atoms with Gasteiger partial charge in [-0.25, -0.2) is 9.78 Å². The van der Waals surface area contributed by atoms with E-state index in [-0.39, 0.29) is 11.4 Å². The van der Waals surface area contributed by atoms with Crippen LogP contribution in [0.2, 0.25) is 0 Å². The molecule has 0 aliphatic heterocycles. The molecule has 0 unspecified atom stereocenters. The standard InChI is InChI=1S/C14H14N2O3/c1-9-5-3-7-11(15)12(9)19-13-10(14(17)18-2)6-4-8-16-13/h3-8H,15H2,1-2H3. The summed E-state index contributed by atoms with van der Waals surface area (Å²) >= 11 is 0. The van der Waals surface area contributed by atoms with Crippen molar-refractivity contribution in [3.63, 3.8) is 0 Å². The van der Waals surface area contributed by atoms with Gasteiger partial charge in [0.05, 0.1) is 12.8 Å². The van der Waals surface area contributed by atoms with Crippen molar-refractivity contribution >= 4 is 11.7 Å². The zero-order valence-electron chi connectivity index (χ0n) is 10.7. The van der Waals surface area contributed by atoms with Crippen LogP contribution in [0.15, 0.2) is 36.5 Å². The number of benzene rings is 1. The molecular weight excluding hydrogens is 244 g/mol. The van der Waals surface area contributed by atoms with Crippen molar-refractivity contribution in [1.82, 2.24) is 4.98 Å². The van der Waals surface area contributed by atoms with E-state index in [1.807, 2.05) is 19.1 Å². The highest BCUT2D eigenvalue weighted by molar-refractivity contribution is 5.91. The average molecular weight is 258 g/mol. The van der Waals surface area contributed by atoms with Crippen molar-refractivity contribution in [3.8, 4) is 11.6 Å². The Balaban J connectivity index is 2.42. The minimum Gasteiger partial charge on any atom is -0.465 e. The summed E-state index contributed by atoms with van der Waals surface area (Å²) in [7, 11) is 1.31. The van der Waals surface area contributed by atoms with Crippen LogP contribution in [0.1, 0.15) is 15.9 Å². The van der Waals surface area contributed by atoms with E-state index in [2.05, 4.69) is 9.72 Å². The molecule has 2 rings (SSSR count). The van der Waals surface area contributed by atoms with Crippen LogP contribution in [0.4, 0.5) is 5.69 Å². The lowest BCUT2D eigenvalue weighted by Gasteiger charge is -2.12. The highest BCUT2D eigenvalue weighted by Gasteiger charge is 2.16. The third-order valence-electron chi connectivity index (χ3n) is 2.62. The number of hydrogen-bond acceptors (Lipinski definition) is 5. The van der Waals surface area contributed by atoms with Gasteiger partial charge in [-0.3, -0.25) is 0 Å². The molecule has 2 N–H and O–H groups in total. The number of methoxy groups -OCH3 is 1. The summed E-state index contributed by atoms with van der Waals surface area (Å²) in [5.74, 6) is 0.164. The van der Waals surface area contributed by atoms with Gasteiger partial charge in [-0.15, -0.1) is 0 Å². The number of nitrogen functional groups attached to an aromatic ring is 1. The second-order valence-electron chi connectivity index (χ2n) is 3.94. The summed E-state index contributed by atoms with van der Waals surface area (Å²) in [5, 5.41) is 0. The second-order valence-corrected chi connectivity index (χ2v) is 3.94. The second kappa shape index (κ2) is 5.39. The number of nitrogens with zero attached hydrogens (tertiary/aromatic N) is 1. The normalized spacial score (nSPS) is 10.0. The van der Waals surface area contributed by atoms with Crippen LogP contribution in [0.3, 0.4) is 0 Å². The van der Waals surface area contributed by atoms with Gasteiger partial charge in [-0.05, 0) is 30.7 Å². The molecule has 1 aromatic heterocycles. The third-order valence-corrected chi connectivity index (χ3v) is 2.62. The van der Waals surface area contributed by atoms with Gasteiger partial charge in [0.2, 0.25) is 5.88 Å². The maximum absolute atomic E-state index is 11.6. The number of anilines is 1. The molecule has 0 amide bonds. The predicted molar refractivity (Wildman–Crippen MR) is 71.2 cm³/mol. The summed E-state index contributed by atoms with van der Waals surface area (Å²) in [4.78, 5) is 15.7. The van der Waals surface area contributed by atoms with Crippen LogP contribution >= 0.6 is 0 Å². The van der Waals surface area contributed by atoms with Crippen LogP contribution in [-0.2, 0) is 4.74 Å². The Hall–Kier alpha value is -2.56. The quantitative estimate of drug-likeness (QED) is 0.676.